The highest BCUT2D eigenvalue weighted by atomic mass is 32.2. The summed E-state index contributed by atoms with van der Waals surface area (Å²) in [7, 11) is 0. The molecule has 0 aliphatic heterocycles. The number of rotatable bonds is 6. The van der Waals surface area contributed by atoms with Crippen LogP contribution in [0.3, 0.4) is 0 Å². The second-order valence-electron chi connectivity index (χ2n) is 14.0. The van der Waals surface area contributed by atoms with Gasteiger partial charge in [0.2, 0.25) is 0 Å². The third kappa shape index (κ3) is 4.26. The highest BCUT2D eigenvalue weighted by molar-refractivity contribution is 7.99. The predicted octanol–water partition coefficient (Wildman–Crippen LogP) is 6.46. The van der Waals surface area contributed by atoms with Gasteiger partial charge in [0, 0.05) is 11.8 Å². The number of aliphatic hydroxyl groups excluding tert-OH is 1. The van der Waals surface area contributed by atoms with Crippen molar-refractivity contribution in [2.24, 2.45) is 34.5 Å². The third-order valence-corrected chi connectivity index (χ3v) is 12.9. The second-order valence-corrected chi connectivity index (χ2v) is 14.9. The molecule has 6 unspecified atom stereocenters. The van der Waals surface area contributed by atoms with E-state index in [4.69, 9.17) is 9.15 Å². The van der Waals surface area contributed by atoms with Crippen LogP contribution in [0.5, 0.6) is 0 Å². The van der Waals surface area contributed by atoms with E-state index in [0.717, 1.165) is 56.9 Å². The highest BCUT2D eigenvalue weighted by Crippen LogP contribution is 2.68. The topological polar surface area (TPSA) is 107 Å². The number of aliphatic hydroxyl groups is 1. The monoisotopic (exact) mass is 591 g/mol. The van der Waals surface area contributed by atoms with E-state index in [1.165, 1.54) is 17.3 Å². The van der Waals surface area contributed by atoms with Crippen molar-refractivity contribution >= 4 is 40.4 Å². The molecule has 5 aliphatic carbocycles. The fourth-order valence-corrected chi connectivity index (χ4v) is 10.7. The molecule has 7 atom stereocenters. The number of Topliss-reactive ketones (excluding diaryl/α,β-unsaturated/α-hetero) is 1. The molecule has 0 radical (unpaired) electrons. The Morgan fingerprint density at radius 2 is 1.88 bits per heavy atom. The first kappa shape index (κ1) is 28.3. The maximum Gasteiger partial charge on any atom is 0.309 e. The minimum absolute atomic E-state index is 0.0363. The summed E-state index contributed by atoms with van der Waals surface area (Å²) in [6, 6.07) is 7.53. The standard InChI is InChI=1S/C34H41NO6S/c1-32-15-13-22(36)17-21(32)11-12-23-24-14-16-34(33(24,2)18-26(37)29(23)32,41-30(39)20-7-3-4-8-20)28(38)19-42-31-35-25-9-5-6-10-27(25)40-31/h5-6,9-10,17,20,23-24,26,29,37H,3-4,7-8,11-16,18-19H2,1-2H3/t23?,24?,26?,29?,32?,33?,34-/m0/s1. The number of carbonyl (C=O) groups excluding carboxylic acids is 3. The zero-order valence-electron chi connectivity index (χ0n) is 24.6. The Morgan fingerprint density at radius 1 is 1.10 bits per heavy atom. The first-order valence-corrected chi connectivity index (χ1v) is 16.8. The van der Waals surface area contributed by atoms with Crippen LogP contribution < -0.4 is 0 Å². The van der Waals surface area contributed by atoms with E-state index in [2.05, 4.69) is 18.8 Å². The van der Waals surface area contributed by atoms with Gasteiger partial charge in [0.15, 0.2) is 22.8 Å². The van der Waals surface area contributed by atoms with Crippen molar-refractivity contribution in [2.75, 3.05) is 5.75 Å². The average Bonchev–Trinajstić information content (AvgIpc) is 3.70. The highest BCUT2D eigenvalue weighted by Gasteiger charge is 2.70. The maximum atomic E-state index is 14.5. The van der Waals surface area contributed by atoms with Crippen LogP contribution in [0.25, 0.3) is 11.1 Å². The molecule has 1 heterocycles. The van der Waals surface area contributed by atoms with E-state index in [-0.39, 0.29) is 52.4 Å². The lowest BCUT2D eigenvalue weighted by Gasteiger charge is -2.60. The fraction of sp³-hybridized carbons (Fsp3) is 0.647. The molecule has 2 aromatic rings. The Bertz CT molecular complexity index is 1430. The van der Waals surface area contributed by atoms with E-state index in [9.17, 15) is 19.5 Å². The van der Waals surface area contributed by atoms with Gasteiger partial charge in [-0.1, -0.05) is 56.2 Å². The third-order valence-electron chi connectivity index (χ3n) is 12.0. The molecule has 5 aliphatic rings. The summed E-state index contributed by atoms with van der Waals surface area (Å²) in [4.78, 5) is 44.9. The number of aromatic nitrogens is 1. The number of ketones is 2. The number of oxazole rings is 1. The van der Waals surface area contributed by atoms with Crippen molar-refractivity contribution < 1.29 is 28.6 Å². The molecule has 42 heavy (non-hydrogen) atoms. The van der Waals surface area contributed by atoms with Crippen LogP contribution in [-0.4, -0.2) is 45.1 Å². The zero-order chi connectivity index (χ0) is 29.3. The SMILES string of the molecule is CC12CCC(=O)C=C1CCC1C2C(O)CC2(C)C1CC[C@]2(OC(=O)C1CCCC1)C(=O)CSc1nc2ccccc2o1. The lowest BCUT2D eigenvalue weighted by molar-refractivity contribution is -0.202. The van der Waals surface area contributed by atoms with Crippen LogP contribution in [-0.2, 0) is 19.1 Å². The Morgan fingerprint density at radius 3 is 2.67 bits per heavy atom. The number of nitrogens with zero attached hydrogens (tertiary/aromatic N) is 1. The van der Waals surface area contributed by atoms with Gasteiger partial charge in [0.1, 0.15) is 5.52 Å². The lowest BCUT2D eigenvalue weighted by Crippen LogP contribution is -2.63. The Labute approximate surface area is 251 Å². The van der Waals surface area contributed by atoms with Crippen LogP contribution in [0.4, 0.5) is 0 Å². The molecular weight excluding hydrogens is 550 g/mol. The number of allylic oxidation sites excluding steroid dienone is 1. The number of hydrogen-bond acceptors (Lipinski definition) is 8. The summed E-state index contributed by atoms with van der Waals surface area (Å²) >= 11 is 1.25. The minimum Gasteiger partial charge on any atom is -0.450 e. The summed E-state index contributed by atoms with van der Waals surface area (Å²) in [6.07, 6.45) is 9.52. The normalized spacial score (nSPS) is 38.1. The molecule has 0 spiro atoms. The maximum absolute atomic E-state index is 14.5. The molecule has 224 valence electrons. The van der Waals surface area contributed by atoms with Gasteiger partial charge in [-0.05, 0) is 92.7 Å². The Balaban J connectivity index is 1.21. The van der Waals surface area contributed by atoms with E-state index >= 15 is 0 Å². The number of fused-ring (bicyclic) bond motifs is 6. The number of thioether (sulfide) groups is 1. The van der Waals surface area contributed by atoms with Crippen molar-refractivity contribution in [3.05, 3.63) is 35.9 Å². The molecule has 7 nitrogen and oxygen atoms in total. The zero-order valence-corrected chi connectivity index (χ0v) is 25.4. The van der Waals surface area contributed by atoms with E-state index in [0.29, 0.717) is 30.1 Å². The summed E-state index contributed by atoms with van der Waals surface area (Å²) in [5, 5.41) is 12.4. The number of carbonyl (C=O) groups is 3. The van der Waals surface area contributed by atoms with Gasteiger partial charge in [-0.3, -0.25) is 14.4 Å². The van der Waals surface area contributed by atoms with Crippen LogP contribution in [0.15, 0.2) is 45.6 Å². The van der Waals surface area contributed by atoms with E-state index in [1.807, 2.05) is 30.3 Å². The average molecular weight is 592 g/mol. The quantitative estimate of drug-likeness (QED) is 0.301. The largest absolute Gasteiger partial charge is 0.450 e. The van der Waals surface area contributed by atoms with Crippen molar-refractivity contribution in [3.8, 4) is 0 Å². The van der Waals surface area contributed by atoms with Crippen LogP contribution >= 0.6 is 11.8 Å². The first-order valence-electron chi connectivity index (χ1n) is 15.8. The van der Waals surface area contributed by atoms with Gasteiger partial charge in [0.05, 0.1) is 17.8 Å². The van der Waals surface area contributed by atoms with Gasteiger partial charge in [-0.2, -0.15) is 0 Å². The number of para-hydroxylation sites is 2. The summed E-state index contributed by atoms with van der Waals surface area (Å²) < 4.78 is 12.4. The number of benzene rings is 1. The van der Waals surface area contributed by atoms with Crippen LogP contribution in [0, 0.1) is 34.5 Å². The van der Waals surface area contributed by atoms with Gasteiger partial charge in [-0.15, -0.1) is 0 Å². The number of ether oxygens (including phenoxy) is 1. The van der Waals surface area contributed by atoms with Crippen molar-refractivity contribution in [1.29, 1.82) is 0 Å². The van der Waals surface area contributed by atoms with Crippen LogP contribution in [0.2, 0.25) is 0 Å². The molecule has 1 N–H and O–H groups in total. The van der Waals surface area contributed by atoms with E-state index in [1.54, 1.807) is 0 Å². The van der Waals surface area contributed by atoms with Crippen LogP contribution in [0.1, 0.15) is 84.5 Å². The molecule has 0 amide bonds. The van der Waals surface area contributed by atoms with Gasteiger partial charge >= 0.3 is 5.97 Å². The van der Waals surface area contributed by atoms with Gasteiger partial charge < -0.3 is 14.3 Å². The van der Waals surface area contributed by atoms with Gasteiger partial charge in [-0.25, -0.2) is 4.98 Å². The predicted molar refractivity (Wildman–Crippen MR) is 159 cm³/mol. The molecule has 7 rings (SSSR count). The van der Waals surface area contributed by atoms with Gasteiger partial charge in [0.25, 0.3) is 5.22 Å². The second kappa shape index (κ2) is 10.3. The number of hydrogen-bond donors (Lipinski definition) is 1. The smallest absolute Gasteiger partial charge is 0.309 e. The lowest BCUT2D eigenvalue weighted by atomic mass is 9.45. The molecule has 4 saturated carbocycles. The first-order chi connectivity index (χ1) is 20.1. The summed E-state index contributed by atoms with van der Waals surface area (Å²) in [5.41, 5.74) is 0.423. The summed E-state index contributed by atoms with van der Waals surface area (Å²) in [5.74, 6) is 0.148. The molecule has 4 fully saturated rings. The molecule has 0 saturated heterocycles. The van der Waals surface area contributed by atoms with E-state index < -0.39 is 17.1 Å². The molecule has 0 bridgehead atoms. The van der Waals surface area contributed by atoms with Crippen molar-refractivity contribution in [2.45, 2.75) is 101 Å². The Kier molecular flexibility index (Phi) is 6.97. The summed E-state index contributed by atoms with van der Waals surface area (Å²) in [6.45, 7) is 4.34. The minimum atomic E-state index is -1.29. The molecule has 1 aromatic carbocycles. The molecule has 1 aromatic heterocycles. The number of esters is 1. The van der Waals surface area contributed by atoms with Crippen molar-refractivity contribution in [3.63, 3.8) is 0 Å². The molecule has 8 heteroatoms. The van der Waals surface area contributed by atoms with Crippen molar-refractivity contribution in [1.82, 2.24) is 4.98 Å². The molecular formula is C34H41NO6S. The fourth-order valence-electron chi connectivity index (χ4n) is 9.93. The Hall–Kier alpha value is -2.45.